The third-order valence-electron chi connectivity index (χ3n) is 0. The maximum Gasteiger partial charge on any atom is 0.673 e. The zero-order valence-electron chi connectivity index (χ0n) is 3.52. The molecule has 3 nitrogen and oxygen atoms in total. The Morgan fingerprint density at radius 2 is 1.25 bits per heavy atom. The Morgan fingerprint density at radius 3 is 1.25 bits per heavy atom. The summed E-state index contributed by atoms with van der Waals surface area (Å²) < 4.78 is 39.0. The van der Waals surface area contributed by atoms with Crippen LogP contribution >= 0.6 is 0 Å². The summed E-state index contributed by atoms with van der Waals surface area (Å²) in [6.07, 6.45) is 0. The molecule has 8 heteroatoms. The van der Waals surface area contributed by atoms with E-state index >= 15 is 0 Å². The molecule has 0 aliphatic heterocycles. The van der Waals surface area contributed by atoms with Gasteiger partial charge in [0.05, 0.1) is 0 Å². The minimum atomic E-state index is -6.00. The number of rotatable bonds is 0. The summed E-state index contributed by atoms with van der Waals surface area (Å²) in [5, 5.41) is 1.75. The summed E-state index contributed by atoms with van der Waals surface area (Å²) in [5.74, 6) is 3.92. The van der Waals surface area contributed by atoms with E-state index in [9.17, 15) is 17.3 Å². The molecule has 0 heterocycles. The fraction of sp³-hybridized carbons (Fsp3) is 0. The molecule has 0 fully saturated rings. The average Bonchev–Trinajstić information content (AvgIpc) is 1.27. The first-order chi connectivity index (χ1) is 3.41. The molecule has 0 amide bonds. The quantitative estimate of drug-likeness (QED) is 0.175. The van der Waals surface area contributed by atoms with Crippen molar-refractivity contribution in [3.05, 3.63) is 4.91 Å². The van der Waals surface area contributed by atoms with Crippen molar-refractivity contribution in [2.45, 2.75) is 0 Å². The van der Waals surface area contributed by atoms with E-state index in [0.29, 0.717) is 0 Å². The van der Waals surface area contributed by atoms with Crippen molar-refractivity contribution in [2.75, 3.05) is 0 Å². The summed E-state index contributed by atoms with van der Waals surface area (Å²) in [4.78, 5) is 8.33. The number of hydrogen-bond acceptors (Lipinski definition) is 2. The van der Waals surface area contributed by atoms with Crippen LogP contribution in [0.3, 0.4) is 0 Å². The molecule has 0 aliphatic carbocycles. The minimum Gasteiger partial charge on any atom is -0.418 e. The number of nitroso groups, excluding NO2 is 1. The van der Waals surface area contributed by atoms with Crippen molar-refractivity contribution in [3.8, 4) is 0 Å². The maximum atomic E-state index is 9.75. The summed E-state index contributed by atoms with van der Waals surface area (Å²) in [6.45, 7) is 0. The molecule has 2 N–H and O–H groups in total. The topological polar surface area (TPSA) is 55.4 Å². The van der Waals surface area contributed by atoms with E-state index in [1.807, 2.05) is 0 Å². The summed E-state index contributed by atoms with van der Waals surface area (Å²) in [5.41, 5.74) is 0. The molecule has 0 aliphatic rings. The van der Waals surface area contributed by atoms with Crippen LogP contribution in [-0.4, -0.2) is 7.25 Å². The lowest BCUT2D eigenvalue weighted by Crippen LogP contribution is -2.02. The number of halogens is 4. The predicted octanol–water partition coefficient (Wildman–Crippen LogP) is 0.927. The van der Waals surface area contributed by atoms with Gasteiger partial charge in [0.1, 0.15) is 0 Å². The number of nitrogens with two attached hydrogens (primary N) is 1. The van der Waals surface area contributed by atoms with Gasteiger partial charge in [-0.05, 0) is 0 Å². The van der Waals surface area contributed by atoms with E-state index in [1.165, 1.54) is 0 Å². The Hall–Kier alpha value is -0.815. The SMILES string of the molecule is F[B-](F)(F)F.NN=O. The monoisotopic (exact) mass is 133 g/mol. The van der Waals surface area contributed by atoms with E-state index in [0.717, 1.165) is 0 Å². The smallest absolute Gasteiger partial charge is 0.418 e. The molecule has 8 heavy (non-hydrogen) atoms. The van der Waals surface area contributed by atoms with Crippen molar-refractivity contribution >= 4 is 7.25 Å². The Bertz CT molecular complexity index is 53.5. The van der Waals surface area contributed by atoms with Crippen LogP contribution in [0.4, 0.5) is 17.3 Å². The second kappa shape index (κ2) is 4.35. The lowest BCUT2D eigenvalue weighted by molar-refractivity contribution is 0.368. The van der Waals surface area contributed by atoms with Crippen LogP contribution in [0.1, 0.15) is 0 Å². The van der Waals surface area contributed by atoms with Crippen molar-refractivity contribution in [1.29, 1.82) is 0 Å². The van der Waals surface area contributed by atoms with Crippen LogP contribution < -0.4 is 5.84 Å². The Balaban J connectivity index is 0. The molecule has 0 aromatic carbocycles. The van der Waals surface area contributed by atoms with Crippen molar-refractivity contribution < 1.29 is 17.3 Å². The van der Waals surface area contributed by atoms with Gasteiger partial charge in [0.25, 0.3) is 0 Å². The second-order valence-electron chi connectivity index (χ2n) is 0.600. The second-order valence-corrected chi connectivity index (χ2v) is 0.600. The van der Waals surface area contributed by atoms with Crippen LogP contribution in [0.15, 0.2) is 5.29 Å². The van der Waals surface area contributed by atoms with E-state index in [4.69, 9.17) is 4.91 Å². The Kier molecular flexibility index (Phi) is 5.55. The van der Waals surface area contributed by atoms with Crippen LogP contribution in [0, 0.1) is 4.91 Å². The largest absolute Gasteiger partial charge is 0.673 e. The molecule has 0 rings (SSSR count). The highest BCUT2D eigenvalue weighted by atomic mass is 19.5. The van der Waals surface area contributed by atoms with Gasteiger partial charge in [-0.3, -0.25) is 5.84 Å². The van der Waals surface area contributed by atoms with Crippen LogP contribution in [0.5, 0.6) is 0 Å². The van der Waals surface area contributed by atoms with Gasteiger partial charge in [-0.15, -0.1) is 4.91 Å². The highest BCUT2D eigenvalue weighted by Gasteiger charge is 2.20. The van der Waals surface area contributed by atoms with Crippen molar-refractivity contribution in [2.24, 2.45) is 11.1 Å². The molecule has 0 spiro atoms. The van der Waals surface area contributed by atoms with Gasteiger partial charge >= 0.3 is 7.25 Å². The first kappa shape index (κ1) is 10.2. The molecule has 50 valence electrons. The van der Waals surface area contributed by atoms with E-state index in [-0.39, 0.29) is 0 Å². The summed E-state index contributed by atoms with van der Waals surface area (Å²) in [6, 6.07) is 0. The van der Waals surface area contributed by atoms with Crippen LogP contribution in [-0.2, 0) is 0 Å². The molecule has 0 aromatic rings. The van der Waals surface area contributed by atoms with Gasteiger partial charge in [0.2, 0.25) is 0 Å². The van der Waals surface area contributed by atoms with Gasteiger partial charge in [0.15, 0.2) is 0 Å². The molecule has 0 atom stereocenters. The molecule has 0 unspecified atom stereocenters. The van der Waals surface area contributed by atoms with E-state index in [1.54, 1.807) is 5.29 Å². The molecule has 0 bridgehead atoms. The molecule has 0 aromatic heterocycles. The fourth-order valence-corrected chi connectivity index (χ4v) is 0. The lowest BCUT2D eigenvalue weighted by atomic mass is 10.3. The zero-order valence-corrected chi connectivity index (χ0v) is 3.52. The minimum absolute atomic E-state index is 1.75. The van der Waals surface area contributed by atoms with Gasteiger partial charge in [0, 0.05) is 5.29 Å². The molecule has 0 saturated carbocycles. The highest BCUT2D eigenvalue weighted by Crippen LogP contribution is 2.06. The normalized spacial score (nSPS) is 9.00. The van der Waals surface area contributed by atoms with E-state index < -0.39 is 7.25 Å². The fourth-order valence-electron chi connectivity index (χ4n) is 0. The standard InChI is InChI=1S/BF4.H2N2O/c2-1(3,4)5;1-2-3/h;(H2,1,3)/q-1;. The first-order valence-corrected chi connectivity index (χ1v) is 1.31. The van der Waals surface area contributed by atoms with Crippen LogP contribution in [0.2, 0.25) is 0 Å². The molecule has 0 saturated heterocycles. The molecular formula is H2BF4N2O-. The zero-order chi connectivity index (χ0) is 7.21. The summed E-state index contributed by atoms with van der Waals surface area (Å²) >= 11 is 0. The molecular weight excluding hydrogens is 131 g/mol. The van der Waals surface area contributed by atoms with Crippen molar-refractivity contribution in [3.63, 3.8) is 0 Å². The van der Waals surface area contributed by atoms with Gasteiger partial charge in [-0.25, -0.2) is 0 Å². The lowest BCUT2D eigenvalue weighted by Gasteiger charge is -1.94. The third kappa shape index (κ3) is 137. The van der Waals surface area contributed by atoms with E-state index in [2.05, 4.69) is 5.84 Å². The maximum absolute atomic E-state index is 9.75. The Morgan fingerprint density at radius 1 is 1.25 bits per heavy atom. The highest BCUT2D eigenvalue weighted by molar-refractivity contribution is 6.50. The Labute approximate surface area is 41.9 Å². The average molecular weight is 133 g/mol. The van der Waals surface area contributed by atoms with Gasteiger partial charge < -0.3 is 17.3 Å². The predicted molar refractivity (Wildman–Crippen MR) is 20.2 cm³/mol. The van der Waals surface area contributed by atoms with Gasteiger partial charge in [-0.2, -0.15) is 0 Å². The van der Waals surface area contributed by atoms with Crippen LogP contribution in [0.25, 0.3) is 0 Å². The number of nitrogens with zero attached hydrogens (tertiary/aromatic N) is 1. The molecule has 0 radical (unpaired) electrons. The first-order valence-electron chi connectivity index (χ1n) is 1.31. The number of hydrogen-bond donors (Lipinski definition) is 1. The van der Waals surface area contributed by atoms with Gasteiger partial charge in [-0.1, -0.05) is 0 Å². The van der Waals surface area contributed by atoms with Crippen molar-refractivity contribution in [1.82, 2.24) is 0 Å². The third-order valence-corrected chi connectivity index (χ3v) is 0. The summed E-state index contributed by atoms with van der Waals surface area (Å²) in [7, 11) is -6.00.